The molecule has 0 aliphatic carbocycles. The van der Waals surface area contributed by atoms with Crippen molar-refractivity contribution >= 4 is 37.8 Å². The Kier molecular flexibility index (Phi) is 5.32. The number of benzene rings is 1. The van der Waals surface area contributed by atoms with E-state index < -0.39 is 0 Å². The van der Waals surface area contributed by atoms with Crippen molar-refractivity contribution in [3.63, 3.8) is 0 Å². The number of carbonyl (C=O) groups excluding carboxylic acids is 1. The van der Waals surface area contributed by atoms with Crippen molar-refractivity contribution in [2.24, 2.45) is 0 Å². The molecule has 0 aromatic heterocycles. The van der Waals surface area contributed by atoms with Gasteiger partial charge in [0.25, 0.3) is 0 Å². The summed E-state index contributed by atoms with van der Waals surface area (Å²) in [5.41, 5.74) is 1.66. The van der Waals surface area contributed by atoms with E-state index in [1.54, 1.807) is 6.07 Å². The van der Waals surface area contributed by atoms with E-state index in [1.165, 1.54) is 7.11 Å². The third-order valence-corrected chi connectivity index (χ3v) is 3.39. The average molecular weight is 336 g/mol. The van der Waals surface area contributed by atoms with Crippen LogP contribution in [0.3, 0.4) is 0 Å². The van der Waals surface area contributed by atoms with Crippen LogP contribution >= 0.6 is 31.9 Å². The minimum atomic E-state index is -0.277. The predicted molar refractivity (Wildman–Crippen MR) is 67.6 cm³/mol. The van der Waals surface area contributed by atoms with Crippen molar-refractivity contribution in [3.8, 4) is 0 Å². The molecule has 0 atom stereocenters. The van der Waals surface area contributed by atoms with E-state index >= 15 is 0 Å². The maximum absolute atomic E-state index is 11.5. The van der Waals surface area contributed by atoms with Gasteiger partial charge < -0.3 is 4.74 Å². The minimum Gasteiger partial charge on any atom is -0.465 e. The van der Waals surface area contributed by atoms with E-state index in [0.717, 1.165) is 28.2 Å². The highest BCUT2D eigenvalue weighted by atomic mass is 79.9. The summed E-state index contributed by atoms with van der Waals surface area (Å²) in [6.07, 6.45) is 1.85. The molecule has 0 saturated heterocycles. The summed E-state index contributed by atoms with van der Waals surface area (Å²) in [7, 11) is 1.40. The van der Waals surface area contributed by atoms with Gasteiger partial charge in [-0.2, -0.15) is 0 Å². The zero-order valence-electron chi connectivity index (χ0n) is 8.43. The van der Waals surface area contributed by atoms with Gasteiger partial charge in [-0.25, -0.2) is 4.79 Å². The molecule has 0 aliphatic rings. The third-order valence-electron chi connectivity index (χ3n) is 2.08. The highest BCUT2D eigenvalue weighted by molar-refractivity contribution is 9.10. The van der Waals surface area contributed by atoms with Gasteiger partial charge in [-0.05, 0) is 30.5 Å². The van der Waals surface area contributed by atoms with Crippen LogP contribution in [0, 0.1) is 0 Å². The first-order valence-corrected chi connectivity index (χ1v) is 6.53. The molecule has 0 saturated carbocycles. The summed E-state index contributed by atoms with van der Waals surface area (Å²) in [6.45, 7) is 0. The Labute approximate surface area is 106 Å². The number of halogens is 2. The Balaban J connectivity index is 3.03. The first kappa shape index (κ1) is 12.7. The minimum absolute atomic E-state index is 0.277. The molecule has 0 N–H and O–H groups in total. The van der Waals surface area contributed by atoms with Gasteiger partial charge in [-0.15, -0.1) is 0 Å². The maximum Gasteiger partial charge on any atom is 0.338 e. The summed E-state index contributed by atoms with van der Waals surface area (Å²) in [6, 6.07) is 5.57. The molecule has 0 aliphatic heterocycles. The molecule has 1 aromatic rings. The molecule has 0 fully saturated rings. The van der Waals surface area contributed by atoms with Crippen molar-refractivity contribution in [2.75, 3.05) is 12.4 Å². The molecule has 0 bridgehead atoms. The molecule has 4 heteroatoms. The van der Waals surface area contributed by atoms with E-state index in [0.29, 0.717) is 5.56 Å². The van der Waals surface area contributed by atoms with Gasteiger partial charge in [0.2, 0.25) is 0 Å². The quantitative estimate of drug-likeness (QED) is 0.621. The Morgan fingerprint density at radius 3 is 2.80 bits per heavy atom. The maximum atomic E-state index is 11.5. The lowest BCUT2D eigenvalue weighted by molar-refractivity contribution is 0.0599. The molecule has 82 valence electrons. The number of hydrogen-bond acceptors (Lipinski definition) is 2. The van der Waals surface area contributed by atoms with E-state index in [1.807, 2.05) is 12.1 Å². The van der Waals surface area contributed by atoms with E-state index in [4.69, 9.17) is 4.74 Å². The van der Waals surface area contributed by atoms with Crippen LogP contribution in [0.5, 0.6) is 0 Å². The van der Waals surface area contributed by atoms with E-state index in [2.05, 4.69) is 31.9 Å². The summed E-state index contributed by atoms with van der Waals surface area (Å²) >= 11 is 6.83. The van der Waals surface area contributed by atoms with E-state index in [-0.39, 0.29) is 5.97 Å². The normalized spacial score (nSPS) is 10.1. The van der Waals surface area contributed by atoms with Crippen molar-refractivity contribution in [1.29, 1.82) is 0 Å². The lowest BCUT2D eigenvalue weighted by atomic mass is 10.0. The first-order valence-electron chi connectivity index (χ1n) is 4.62. The lowest BCUT2D eigenvalue weighted by Crippen LogP contribution is -2.06. The third kappa shape index (κ3) is 3.31. The predicted octanol–water partition coefficient (Wildman–Crippen LogP) is 3.56. The summed E-state index contributed by atoms with van der Waals surface area (Å²) in [5, 5.41) is 0.926. The molecular weight excluding hydrogens is 324 g/mol. The number of esters is 1. The standard InChI is InChI=1S/C11H12Br2O2/c1-15-11(14)9-4-2-6-10(13)8(9)5-3-7-12/h2,4,6H,3,5,7H2,1H3. The Hall–Kier alpha value is -0.350. The molecule has 15 heavy (non-hydrogen) atoms. The summed E-state index contributed by atoms with van der Waals surface area (Å²) in [4.78, 5) is 11.5. The fourth-order valence-corrected chi connectivity index (χ4v) is 2.20. The van der Waals surface area contributed by atoms with Crippen LogP contribution < -0.4 is 0 Å². The van der Waals surface area contributed by atoms with Gasteiger partial charge in [0.1, 0.15) is 0 Å². The van der Waals surface area contributed by atoms with Crippen LogP contribution in [0.15, 0.2) is 22.7 Å². The van der Waals surface area contributed by atoms with Gasteiger partial charge in [0.05, 0.1) is 12.7 Å². The largest absolute Gasteiger partial charge is 0.465 e. The second-order valence-corrected chi connectivity index (χ2v) is 4.70. The molecular formula is C11H12Br2O2. The van der Waals surface area contributed by atoms with Crippen molar-refractivity contribution in [2.45, 2.75) is 12.8 Å². The van der Waals surface area contributed by atoms with E-state index in [9.17, 15) is 4.79 Å². The van der Waals surface area contributed by atoms with Gasteiger partial charge in [0.15, 0.2) is 0 Å². The molecule has 0 radical (unpaired) electrons. The molecule has 1 aromatic carbocycles. The van der Waals surface area contributed by atoms with Crippen LogP contribution in [0.4, 0.5) is 0 Å². The topological polar surface area (TPSA) is 26.3 Å². The van der Waals surface area contributed by atoms with Crippen LogP contribution in [0.1, 0.15) is 22.3 Å². The van der Waals surface area contributed by atoms with Crippen LogP contribution in [-0.4, -0.2) is 18.4 Å². The fraction of sp³-hybridized carbons (Fsp3) is 0.364. The molecule has 2 nitrogen and oxygen atoms in total. The molecule has 0 spiro atoms. The first-order chi connectivity index (χ1) is 7.20. The summed E-state index contributed by atoms with van der Waals surface area (Å²) < 4.78 is 5.70. The number of alkyl halides is 1. The van der Waals surface area contributed by atoms with Gasteiger partial charge in [-0.1, -0.05) is 37.9 Å². The van der Waals surface area contributed by atoms with Gasteiger partial charge in [-0.3, -0.25) is 0 Å². The van der Waals surface area contributed by atoms with Crippen molar-refractivity contribution in [3.05, 3.63) is 33.8 Å². The highest BCUT2D eigenvalue weighted by Crippen LogP contribution is 2.23. The van der Waals surface area contributed by atoms with Crippen molar-refractivity contribution in [1.82, 2.24) is 0 Å². The number of carbonyl (C=O) groups is 1. The van der Waals surface area contributed by atoms with Gasteiger partial charge in [0, 0.05) is 9.80 Å². The fourth-order valence-electron chi connectivity index (χ4n) is 1.36. The number of rotatable bonds is 4. The lowest BCUT2D eigenvalue weighted by Gasteiger charge is -2.09. The van der Waals surface area contributed by atoms with Crippen LogP contribution in [0.25, 0.3) is 0 Å². The van der Waals surface area contributed by atoms with Crippen LogP contribution in [-0.2, 0) is 11.2 Å². The zero-order valence-corrected chi connectivity index (χ0v) is 11.6. The molecule has 0 heterocycles. The highest BCUT2D eigenvalue weighted by Gasteiger charge is 2.13. The monoisotopic (exact) mass is 334 g/mol. The smallest absolute Gasteiger partial charge is 0.338 e. The van der Waals surface area contributed by atoms with Crippen LogP contribution in [0.2, 0.25) is 0 Å². The van der Waals surface area contributed by atoms with Crippen molar-refractivity contribution < 1.29 is 9.53 Å². The van der Waals surface area contributed by atoms with Gasteiger partial charge >= 0.3 is 5.97 Å². The zero-order chi connectivity index (χ0) is 11.3. The second-order valence-electron chi connectivity index (χ2n) is 3.05. The number of hydrogen-bond donors (Lipinski definition) is 0. The number of ether oxygens (including phenoxy) is 1. The average Bonchev–Trinajstić information content (AvgIpc) is 2.26. The second kappa shape index (κ2) is 6.28. The molecule has 0 unspecified atom stereocenters. The SMILES string of the molecule is COC(=O)c1cccc(Br)c1CCCBr. The molecule has 1 rings (SSSR count). The number of methoxy groups -OCH3 is 1. The molecule has 0 amide bonds. The Bertz CT molecular complexity index is 350. The Morgan fingerprint density at radius 2 is 2.20 bits per heavy atom. The summed E-state index contributed by atoms with van der Waals surface area (Å²) in [5.74, 6) is -0.277. The Morgan fingerprint density at radius 1 is 1.47 bits per heavy atom.